The molecule has 0 atom stereocenters. The molecule has 4 rings (SSSR count). The zero-order valence-corrected chi connectivity index (χ0v) is 21.7. The minimum atomic E-state index is -0.434. The summed E-state index contributed by atoms with van der Waals surface area (Å²) in [6, 6.07) is 14.3. The topological polar surface area (TPSA) is 115 Å². The van der Waals surface area contributed by atoms with E-state index in [1.54, 1.807) is 35.0 Å². The zero-order valence-electron chi connectivity index (χ0n) is 20.2. The number of aryl methyl sites for hydroxylation is 3. The summed E-state index contributed by atoms with van der Waals surface area (Å²) < 4.78 is 1.60. The normalized spacial score (nSPS) is 10.8. The Bertz CT molecular complexity index is 1430. The Hall–Kier alpha value is -3.76. The Morgan fingerprint density at radius 3 is 2.33 bits per heavy atom. The van der Waals surface area contributed by atoms with Crippen molar-refractivity contribution >= 4 is 46.6 Å². The molecule has 2 amide bonds. The van der Waals surface area contributed by atoms with Crippen molar-refractivity contribution < 1.29 is 9.59 Å². The molecule has 0 saturated carbocycles. The van der Waals surface area contributed by atoms with Crippen molar-refractivity contribution in [3.8, 4) is 5.69 Å². The lowest BCUT2D eigenvalue weighted by atomic mass is 10.2. The first-order valence-corrected chi connectivity index (χ1v) is 12.4. The fraction of sp³-hybridized carbons (Fsp3) is 0.200. The summed E-state index contributed by atoms with van der Waals surface area (Å²) in [5.74, 6) is -0.293. The van der Waals surface area contributed by atoms with Gasteiger partial charge in [0.15, 0.2) is 10.9 Å². The van der Waals surface area contributed by atoms with Crippen LogP contribution in [-0.2, 0) is 10.5 Å². The minimum absolute atomic E-state index is 0.161. The van der Waals surface area contributed by atoms with Crippen LogP contribution in [-0.4, -0.2) is 36.8 Å². The fourth-order valence-corrected chi connectivity index (χ4v) is 4.60. The van der Waals surface area contributed by atoms with Crippen LogP contribution in [0.3, 0.4) is 0 Å². The summed E-state index contributed by atoms with van der Waals surface area (Å²) >= 11 is 7.74. The first-order valence-electron chi connectivity index (χ1n) is 11.0. The van der Waals surface area contributed by atoms with Gasteiger partial charge in [0.25, 0.3) is 5.91 Å². The smallest absolute Gasteiger partial charge is 0.278 e. The molecule has 2 aromatic heterocycles. The first-order chi connectivity index (χ1) is 17.2. The van der Waals surface area contributed by atoms with Crippen molar-refractivity contribution in [3.63, 3.8) is 0 Å². The molecule has 0 saturated heterocycles. The quantitative estimate of drug-likeness (QED) is 0.255. The van der Waals surface area contributed by atoms with Gasteiger partial charge < -0.3 is 10.6 Å². The number of nitrogens with zero attached hydrogens (tertiary/aromatic N) is 5. The second-order valence-electron chi connectivity index (χ2n) is 8.17. The number of hydrogen-bond donors (Lipinski definition) is 2. The molecule has 2 heterocycles. The highest BCUT2D eigenvalue weighted by Gasteiger charge is 2.22. The molecule has 0 bridgehead atoms. The summed E-state index contributed by atoms with van der Waals surface area (Å²) in [6.07, 6.45) is 0. The van der Waals surface area contributed by atoms with E-state index in [1.165, 1.54) is 18.7 Å². The van der Waals surface area contributed by atoms with E-state index >= 15 is 0 Å². The number of amides is 2. The molecule has 9 nitrogen and oxygen atoms in total. The number of thioether (sulfide) groups is 1. The number of anilines is 2. The van der Waals surface area contributed by atoms with Gasteiger partial charge >= 0.3 is 0 Å². The molecular weight excluding hydrogens is 498 g/mol. The first kappa shape index (κ1) is 25.3. The van der Waals surface area contributed by atoms with Gasteiger partial charge in [0.05, 0.1) is 11.4 Å². The van der Waals surface area contributed by atoms with Crippen LogP contribution >= 0.6 is 23.4 Å². The van der Waals surface area contributed by atoms with Crippen LogP contribution in [0, 0.1) is 20.8 Å². The second-order valence-corrected chi connectivity index (χ2v) is 9.52. The number of rotatable bonds is 7. The molecule has 0 fully saturated rings. The Morgan fingerprint density at radius 2 is 1.67 bits per heavy atom. The fourth-order valence-electron chi connectivity index (χ4n) is 3.49. The summed E-state index contributed by atoms with van der Waals surface area (Å²) in [5.41, 5.74) is 5.14. The molecule has 184 valence electrons. The van der Waals surface area contributed by atoms with Crippen LogP contribution in [0.5, 0.6) is 0 Å². The van der Waals surface area contributed by atoms with Gasteiger partial charge in [-0.15, -0.1) is 5.10 Å². The second kappa shape index (κ2) is 10.9. The minimum Gasteiger partial charge on any atom is -0.326 e. The van der Waals surface area contributed by atoms with E-state index in [2.05, 4.69) is 30.9 Å². The number of aromatic nitrogens is 5. The number of nitrogens with one attached hydrogen (secondary N) is 2. The lowest BCUT2D eigenvalue weighted by Gasteiger charge is -2.10. The van der Waals surface area contributed by atoms with Crippen LogP contribution in [0.25, 0.3) is 5.69 Å². The SMILES string of the molecule is CC(=O)Nc1cccc(NC(=O)c2nnn(-c3ccc(C)c(Cl)c3)c2CSc2nc(C)cc(C)n2)c1. The van der Waals surface area contributed by atoms with Crippen molar-refractivity contribution in [2.75, 3.05) is 10.6 Å². The lowest BCUT2D eigenvalue weighted by molar-refractivity contribution is -0.114. The van der Waals surface area contributed by atoms with Gasteiger partial charge in [-0.2, -0.15) is 0 Å². The number of carbonyl (C=O) groups excluding carboxylic acids is 2. The summed E-state index contributed by atoms with van der Waals surface area (Å²) in [6.45, 7) is 7.15. The highest BCUT2D eigenvalue weighted by Crippen LogP contribution is 2.26. The third kappa shape index (κ3) is 6.07. The van der Waals surface area contributed by atoms with Crippen LogP contribution in [0.1, 0.15) is 40.1 Å². The molecule has 2 N–H and O–H groups in total. The summed E-state index contributed by atoms with van der Waals surface area (Å²) in [5, 5.41) is 15.2. The molecule has 0 unspecified atom stereocenters. The molecule has 36 heavy (non-hydrogen) atoms. The maximum atomic E-state index is 13.3. The lowest BCUT2D eigenvalue weighted by Crippen LogP contribution is -2.16. The Morgan fingerprint density at radius 1 is 0.972 bits per heavy atom. The maximum Gasteiger partial charge on any atom is 0.278 e. The molecule has 0 aliphatic rings. The Labute approximate surface area is 217 Å². The monoisotopic (exact) mass is 521 g/mol. The molecule has 0 aliphatic carbocycles. The summed E-state index contributed by atoms with van der Waals surface area (Å²) in [4.78, 5) is 33.6. The van der Waals surface area contributed by atoms with Crippen molar-refractivity contribution in [3.05, 3.63) is 81.9 Å². The number of carbonyl (C=O) groups is 2. The molecule has 0 spiro atoms. The van der Waals surface area contributed by atoms with Gasteiger partial charge in [-0.25, -0.2) is 14.6 Å². The van der Waals surface area contributed by atoms with E-state index in [0.29, 0.717) is 38.7 Å². The number of benzene rings is 2. The van der Waals surface area contributed by atoms with E-state index in [-0.39, 0.29) is 11.6 Å². The highest BCUT2D eigenvalue weighted by atomic mass is 35.5. The van der Waals surface area contributed by atoms with Gasteiger partial charge in [0, 0.05) is 40.5 Å². The standard InChI is InChI=1S/C25H24ClN7O2S/c1-14-8-9-20(12-21(14)26)33-22(13-36-25-27-15(2)10-16(3)28-25)23(31-32-33)24(35)30-19-7-5-6-18(11-19)29-17(4)34/h5-12H,13H2,1-4H3,(H,29,34)(H,30,35). The van der Waals surface area contributed by atoms with Crippen molar-refractivity contribution in [1.29, 1.82) is 0 Å². The van der Waals surface area contributed by atoms with Gasteiger partial charge in [-0.3, -0.25) is 9.59 Å². The number of hydrogen-bond acceptors (Lipinski definition) is 7. The third-order valence-electron chi connectivity index (χ3n) is 5.12. The number of halogens is 1. The van der Waals surface area contributed by atoms with Crippen molar-refractivity contribution in [2.24, 2.45) is 0 Å². The molecule has 0 aliphatic heterocycles. The van der Waals surface area contributed by atoms with E-state index in [9.17, 15) is 9.59 Å². The van der Waals surface area contributed by atoms with Gasteiger partial charge in [0.2, 0.25) is 5.91 Å². The van der Waals surface area contributed by atoms with Gasteiger partial charge in [-0.1, -0.05) is 40.7 Å². The summed E-state index contributed by atoms with van der Waals surface area (Å²) in [7, 11) is 0. The molecule has 0 radical (unpaired) electrons. The highest BCUT2D eigenvalue weighted by molar-refractivity contribution is 7.98. The van der Waals surface area contributed by atoms with E-state index in [0.717, 1.165) is 17.0 Å². The molecular formula is C25H24ClN7O2S. The van der Waals surface area contributed by atoms with Gasteiger partial charge in [-0.05, 0) is 62.7 Å². The Kier molecular flexibility index (Phi) is 7.66. The maximum absolute atomic E-state index is 13.3. The predicted molar refractivity (Wildman–Crippen MR) is 141 cm³/mol. The van der Waals surface area contributed by atoms with Gasteiger partial charge in [0.1, 0.15) is 0 Å². The third-order valence-corrected chi connectivity index (χ3v) is 6.38. The van der Waals surface area contributed by atoms with E-state index in [1.807, 2.05) is 39.0 Å². The van der Waals surface area contributed by atoms with Crippen molar-refractivity contribution in [2.45, 2.75) is 38.6 Å². The largest absolute Gasteiger partial charge is 0.326 e. The predicted octanol–water partition coefficient (Wildman–Crippen LogP) is 5.14. The molecule has 11 heteroatoms. The van der Waals surface area contributed by atoms with E-state index < -0.39 is 5.91 Å². The average molecular weight is 522 g/mol. The zero-order chi connectivity index (χ0) is 25.8. The molecule has 4 aromatic rings. The van der Waals surface area contributed by atoms with Crippen LogP contribution in [0.15, 0.2) is 53.7 Å². The van der Waals surface area contributed by atoms with Crippen LogP contribution in [0.4, 0.5) is 11.4 Å². The Balaban J connectivity index is 1.67. The van der Waals surface area contributed by atoms with Crippen LogP contribution in [0.2, 0.25) is 5.02 Å². The molecule has 2 aromatic carbocycles. The van der Waals surface area contributed by atoms with Crippen LogP contribution < -0.4 is 10.6 Å². The van der Waals surface area contributed by atoms with E-state index in [4.69, 9.17) is 11.6 Å². The van der Waals surface area contributed by atoms with Crippen molar-refractivity contribution in [1.82, 2.24) is 25.0 Å². The average Bonchev–Trinajstić information content (AvgIpc) is 3.23.